The topological polar surface area (TPSA) is 330 Å². The lowest BCUT2D eigenvalue weighted by molar-refractivity contribution is -0.161. The van der Waals surface area contributed by atoms with Crippen LogP contribution >= 0.6 is 15.6 Å². The highest BCUT2D eigenvalue weighted by Gasteiger charge is 2.50. The van der Waals surface area contributed by atoms with E-state index < -0.39 is 89.4 Å². The third-order valence-electron chi connectivity index (χ3n) is 9.16. The van der Waals surface area contributed by atoms with Crippen molar-refractivity contribution in [3.05, 3.63) is 35.4 Å². The van der Waals surface area contributed by atoms with Gasteiger partial charge in [-0.1, -0.05) is 6.92 Å². The second kappa shape index (κ2) is 16.1. The van der Waals surface area contributed by atoms with Gasteiger partial charge in [0.15, 0.2) is 23.8 Å². The smallest absolute Gasteiger partial charge is 0.456 e. The minimum Gasteiger partial charge on any atom is -0.456 e. The average molecular weight is 790 g/mol. The summed E-state index contributed by atoms with van der Waals surface area (Å²) in [4.78, 5) is 70.9. The van der Waals surface area contributed by atoms with Gasteiger partial charge in [-0.15, -0.1) is 0 Å². The lowest BCUT2D eigenvalue weighted by atomic mass is 10.0. The molecule has 6 heterocycles. The first-order chi connectivity index (χ1) is 25.1. The summed E-state index contributed by atoms with van der Waals surface area (Å²) in [6.07, 6.45) is -2.82. The van der Waals surface area contributed by atoms with Crippen LogP contribution in [0.2, 0.25) is 0 Å². The molecule has 9 N–H and O–H groups in total. The zero-order valence-electron chi connectivity index (χ0n) is 28.3. The molecule has 3 saturated heterocycles. The average Bonchev–Trinajstić information content (AvgIpc) is 3.89. The summed E-state index contributed by atoms with van der Waals surface area (Å²) < 4.78 is 59.9. The number of aromatic nitrogens is 6. The second-order valence-corrected chi connectivity index (χ2v) is 15.6. The highest BCUT2D eigenvalue weighted by atomic mass is 31.2. The summed E-state index contributed by atoms with van der Waals surface area (Å²) in [6.45, 7) is 1.04. The Labute approximate surface area is 300 Å². The third kappa shape index (κ3) is 9.45. The molecule has 0 saturated carbocycles. The quantitative estimate of drug-likeness (QED) is 0.0752. The second-order valence-electron chi connectivity index (χ2n) is 12.9. The molecular weight excluding hydrogens is 748 g/mol. The van der Waals surface area contributed by atoms with Crippen LogP contribution in [-0.4, -0.2) is 111 Å². The van der Waals surface area contributed by atoms with Gasteiger partial charge in [0.05, 0.1) is 25.5 Å². The van der Waals surface area contributed by atoms with E-state index in [2.05, 4.69) is 29.8 Å². The van der Waals surface area contributed by atoms with E-state index in [0.29, 0.717) is 6.42 Å². The molecule has 53 heavy (non-hydrogen) atoms. The van der Waals surface area contributed by atoms with Crippen LogP contribution < -0.4 is 22.5 Å². The number of rotatable bonds is 15. The van der Waals surface area contributed by atoms with Gasteiger partial charge in [0.2, 0.25) is 0 Å². The van der Waals surface area contributed by atoms with Gasteiger partial charge in [-0.25, -0.2) is 28.9 Å². The number of fused-ring (bicyclic) bond motifs is 1. The molecule has 0 spiro atoms. The standard InChI is InChI=1S/C28H41N9O14P2/c1-14(4-5-15-3-2-7-31-15)27(39)50-23-18(49-26(22(23)38)37-13-34-21-24(30)32-12-33-25(21)37)11-47-53(44,45)51-16-9-20(36-8-6-19(29)35-28(36)40)48-17(16)10-46-52(41,42)43/h6,8,12-18,20,22-23,26,31,38H,2-5,7,9-11H2,1H3,(H,44,45)(H2,29,35,40)(H2,30,32,33)(H2,41,42,43)/t14-,15?,16?,17+,18+,20+,22+,23+,26+/m0/s1. The number of hydrogen-bond donors (Lipinski definition) is 7. The molecule has 10 atom stereocenters. The van der Waals surface area contributed by atoms with E-state index in [1.807, 2.05) is 0 Å². The summed E-state index contributed by atoms with van der Waals surface area (Å²) in [5.74, 6) is -1.22. The van der Waals surface area contributed by atoms with E-state index in [9.17, 15) is 38.5 Å². The molecular formula is C28H41N9O14P2. The molecule has 0 aromatic carbocycles. The number of nitrogens with zero attached hydrogens (tertiary/aromatic N) is 6. The van der Waals surface area contributed by atoms with Gasteiger partial charge in [-0.3, -0.25) is 27.5 Å². The number of nitrogens with two attached hydrogens (primary N) is 2. The lowest BCUT2D eigenvalue weighted by Crippen LogP contribution is -2.39. The Morgan fingerprint density at radius 1 is 1.11 bits per heavy atom. The van der Waals surface area contributed by atoms with E-state index in [-0.39, 0.29) is 35.3 Å². The van der Waals surface area contributed by atoms with Crippen molar-refractivity contribution in [3.8, 4) is 0 Å². The number of phosphoric acid groups is 2. The van der Waals surface area contributed by atoms with Gasteiger partial charge >= 0.3 is 27.3 Å². The number of nitrogen functional groups attached to an aromatic ring is 2. The molecule has 6 rings (SSSR count). The maximum absolute atomic E-state index is 13.4. The van der Waals surface area contributed by atoms with E-state index in [4.69, 9.17) is 34.7 Å². The Morgan fingerprint density at radius 3 is 2.60 bits per heavy atom. The number of anilines is 2. The Morgan fingerprint density at radius 2 is 1.89 bits per heavy atom. The number of ether oxygens (including phenoxy) is 3. The number of aliphatic hydroxyl groups is 1. The van der Waals surface area contributed by atoms with Crippen LogP contribution in [0.15, 0.2) is 29.7 Å². The Kier molecular flexibility index (Phi) is 11.9. The Bertz CT molecular complexity index is 1920. The van der Waals surface area contributed by atoms with E-state index in [1.54, 1.807) is 6.92 Å². The molecule has 3 aliphatic heterocycles. The SMILES string of the molecule is C[C@@H](CCC1CCCN1)C(=O)O[C@H]1[C@@H](O)[C@H](n2cnc3c(N)ncnc32)O[C@@H]1COP(=O)(O)OC1C[C@H](n2ccc(N)nc2=O)O[C@@H]1COP(=O)(O)O. The largest absolute Gasteiger partial charge is 0.472 e. The summed E-state index contributed by atoms with van der Waals surface area (Å²) >= 11 is 0. The zero-order chi connectivity index (χ0) is 38.1. The molecule has 3 aromatic rings. The van der Waals surface area contributed by atoms with Crippen molar-refractivity contribution in [3.63, 3.8) is 0 Å². The normalized spacial score (nSPS) is 29.4. The highest BCUT2D eigenvalue weighted by molar-refractivity contribution is 7.47. The van der Waals surface area contributed by atoms with Gasteiger partial charge in [-0.2, -0.15) is 4.98 Å². The molecule has 0 aliphatic carbocycles. The van der Waals surface area contributed by atoms with Gasteiger partial charge in [-0.05, 0) is 38.3 Å². The van der Waals surface area contributed by atoms with Crippen molar-refractivity contribution in [2.45, 2.75) is 88.0 Å². The molecule has 3 aromatic heterocycles. The number of imidazole rings is 1. The first kappa shape index (κ1) is 39.3. The monoisotopic (exact) mass is 789 g/mol. The molecule has 23 nitrogen and oxygen atoms in total. The fraction of sp³-hybridized carbons (Fsp3) is 0.643. The molecule has 0 bridgehead atoms. The van der Waals surface area contributed by atoms with Crippen LogP contribution in [0.3, 0.4) is 0 Å². The summed E-state index contributed by atoms with van der Waals surface area (Å²) in [7, 11) is -10.1. The molecule has 0 amide bonds. The number of phosphoric ester groups is 2. The lowest BCUT2D eigenvalue weighted by Gasteiger charge is -2.24. The number of hydrogen-bond acceptors (Lipinski definition) is 18. The van der Waals surface area contributed by atoms with Crippen molar-refractivity contribution in [1.29, 1.82) is 0 Å². The van der Waals surface area contributed by atoms with Gasteiger partial charge in [0, 0.05) is 18.7 Å². The number of carbonyl (C=O) groups excluding carboxylic acids is 1. The fourth-order valence-electron chi connectivity index (χ4n) is 6.42. The van der Waals surface area contributed by atoms with Gasteiger partial charge in [0.25, 0.3) is 0 Å². The summed E-state index contributed by atoms with van der Waals surface area (Å²) in [6, 6.07) is 1.58. The fourth-order valence-corrected chi connectivity index (χ4v) is 7.73. The Hall–Kier alpha value is -3.44. The minimum absolute atomic E-state index is 0.0632. The number of aliphatic hydroxyl groups excluding tert-OH is 1. The molecule has 25 heteroatoms. The van der Waals surface area contributed by atoms with Crippen molar-refractivity contribution < 1.29 is 61.5 Å². The number of nitrogens with one attached hydrogen (secondary N) is 1. The van der Waals surface area contributed by atoms with Crippen LogP contribution in [-0.2, 0) is 41.7 Å². The summed E-state index contributed by atoms with van der Waals surface area (Å²) in [5.41, 5.74) is 11.1. The van der Waals surface area contributed by atoms with Crippen LogP contribution in [0, 0.1) is 5.92 Å². The van der Waals surface area contributed by atoms with Gasteiger partial charge in [0.1, 0.15) is 48.3 Å². The highest BCUT2D eigenvalue weighted by Crippen LogP contribution is 2.50. The van der Waals surface area contributed by atoms with Gasteiger partial charge < -0.3 is 50.8 Å². The van der Waals surface area contributed by atoms with E-state index in [0.717, 1.165) is 30.4 Å². The maximum Gasteiger partial charge on any atom is 0.472 e. The minimum atomic E-state index is -5.10. The number of carbonyl (C=O) groups is 1. The van der Waals surface area contributed by atoms with Crippen molar-refractivity contribution >= 4 is 44.4 Å². The maximum atomic E-state index is 13.4. The first-order valence-corrected chi connectivity index (χ1v) is 19.7. The predicted octanol–water partition coefficient (Wildman–Crippen LogP) is -0.515. The van der Waals surface area contributed by atoms with Crippen molar-refractivity contribution in [2.75, 3.05) is 31.2 Å². The molecule has 3 aliphatic rings. The zero-order valence-corrected chi connectivity index (χ0v) is 30.1. The van der Waals surface area contributed by atoms with E-state index in [1.165, 1.54) is 29.5 Å². The third-order valence-corrected chi connectivity index (χ3v) is 10.7. The van der Waals surface area contributed by atoms with E-state index >= 15 is 0 Å². The predicted molar refractivity (Wildman–Crippen MR) is 179 cm³/mol. The molecule has 3 fully saturated rings. The van der Waals surface area contributed by atoms with Crippen LogP contribution in [0.4, 0.5) is 11.6 Å². The van der Waals surface area contributed by atoms with Crippen LogP contribution in [0.1, 0.15) is 51.5 Å². The van der Waals surface area contributed by atoms with Crippen LogP contribution in [0.25, 0.3) is 11.2 Å². The van der Waals surface area contributed by atoms with Crippen molar-refractivity contribution in [2.24, 2.45) is 5.92 Å². The van der Waals surface area contributed by atoms with Crippen molar-refractivity contribution in [1.82, 2.24) is 34.4 Å². The summed E-state index contributed by atoms with van der Waals surface area (Å²) in [5, 5.41) is 14.8. The van der Waals surface area contributed by atoms with Crippen LogP contribution in [0.5, 0.6) is 0 Å². The Balaban J connectivity index is 1.17. The molecule has 292 valence electrons. The number of esters is 1. The molecule has 3 unspecified atom stereocenters. The first-order valence-electron chi connectivity index (χ1n) is 16.6. The molecule has 0 radical (unpaired) electrons.